The SMILES string of the molecule is CCC(C)[C@H](N)C(=O)NCCS(=O)(=O)N(C)C. The molecule has 0 radical (unpaired) electrons. The molecule has 1 amide bonds. The third kappa shape index (κ3) is 5.47. The Bertz CT molecular complexity index is 341. The molecule has 6 nitrogen and oxygen atoms in total. The first-order valence-electron chi connectivity index (χ1n) is 5.65. The standard InChI is InChI=1S/C10H23N3O3S/c1-5-8(2)9(11)10(14)12-6-7-17(15,16)13(3)4/h8-9H,5-7,11H2,1-4H3,(H,12,14)/t8?,9-/m0/s1. The van der Waals surface area contributed by atoms with Gasteiger partial charge in [-0.3, -0.25) is 4.79 Å². The monoisotopic (exact) mass is 265 g/mol. The molecular formula is C10H23N3O3S. The van der Waals surface area contributed by atoms with Crippen LogP contribution >= 0.6 is 0 Å². The van der Waals surface area contributed by atoms with Crippen molar-refractivity contribution in [2.75, 3.05) is 26.4 Å². The van der Waals surface area contributed by atoms with Crippen LogP contribution in [0.1, 0.15) is 20.3 Å². The van der Waals surface area contributed by atoms with Crippen molar-refractivity contribution in [1.82, 2.24) is 9.62 Å². The topological polar surface area (TPSA) is 92.5 Å². The Balaban J connectivity index is 4.11. The average molecular weight is 265 g/mol. The van der Waals surface area contributed by atoms with Gasteiger partial charge >= 0.3 is 0 Å². The van der Waals surface area contributed by atoms with E-state index in [-0.39, 0.29) is 24.1 Å². The van der Waals surface area contributed by atoms with Crippen molar-refractivity contribution in [2.24, 2.45) is 11.7 Å². The number of amides is 1. The fourth-order valence-electron chi connectivity index (χ4n) is 1.12. The van der Waals surface area contributed by atoms with Crippen LogP contribution < -0.4 is 11.1 Å². The summed E-state index contributed by atoms with van der Waals surface area (Å²) >= 11 is 0. The number of carbonyl (C=O) groups excluding carboxylic acids is 1. The van der Waals surface area contributed by atoms with Crippen molar-refractivity contribution in [1.29, 1.82) is 0 Å². The Morgan fingerprint density at radius 1 is 1.41 bits per heavy atom. The molecule has 0 spiro atoms. The second-order valence-electron chi connectivity index (χ2n) is 4.30. The lowest BCUT2D eigenvalue weighted by Crippen LogP contribution is -2.46. The molecular weight excluding hydrogens is 242 g/mol. The summed E-state index contributed by atoms with van der Waals surface area (Å²) in [6.45, 7) is 3.93. The van der Waals surface area contributed by atoms with E-state index in [0.717, 1.165) is 10.7 Å². The van der Waals surface area contributed by atoms with Gasteiger partial charge in [-0.15, -0.1) is 0 Å². The molecule has 0 saturated carbocycles. The van der Waals surface area contributed by atoms with E-state index in [1.165, 1.54) is 14.1 Å². The minimum Gasteiger partial charge on any atom is -0.354 e. The number of hydrogen-bond acceptors (Lipinski definition) is 4. The number of carbonyl (C=O) groups is 1. The molecule has 3 N–H and O–H groups in total. The summed E-state index contributed by atoms with van der Waals surface area (Å²) in [5.41, 5.74) is 5.71. The first-order valence-corrected chi connectivity index (χ1v) is 7.26. The number of nitrogens with zero attached hydrogens (tertiary/aromatic N) is 1. The molecule has 0 rings (SSSR count). The first-order chi connectivity index (χ1) is 7.72. The fourth-order valence-corrected chi connectivity index (χ4v) is 1.84. The Hall–Kier alpha value is -0.660. The quantitative estimate of drug-likeness (QED) is 0.641. The largest absolute Gasteiger partial charge is 0.354 e. The maximum atomic E-state index is 11.6. The summed E-state index contributed by atoms with van der Waals surface area (Å²) in [5.74, 6) is -0.326. The van der Waals surface area contributed by atoms with Gasteiger partial charge in [0.15, 0.2) is 0 Å². The van der Waals surface area contributed by atoms with Crippen LogP contribution in [0.2, 0.25) is 0 Å². The average Bonchev–Trinajstić information content (AvgIpc) is 2.26. The van der Waals surface area contributed by atoms with E-state index in [2.05, 4.69) is 5.32 Å². The van der Waals surface area contributed by atoms with Crippen LogP contribution in [0.3, 0.4) is 0 Å². The number of sulfonamides is 1. The van der Waals surface area contributed by atoms with Crippen molar-refractivity contribution in [2.45, 2.75) is 26.3 Å². The maximum Gasteiger partial charge on any atom is 0.237 e. The summed E-state index contributed by atoms with van der Waals surface area (Å²) in [6.07, 6.45) is 0.810. The zero-order valence-corrected chi connectivity index (χ0v) is 11.8. The summed E-state index contributed by atoms with van der Waals surface area (Å²) < 4.78 is 24.0. The van der Waals surface area contributed by atoms with Gasteiger partial charge in [0, 0.05) is 20.6 Å². The van der Waals surface area contributed by atoms with E-state index in [4.69, 9.17) is 5.73 Å². The second kappa shape index (κ2) is 6.93. The zero-order valence-electron chi connectivity index (χ0n) is 10.9. The molecule has 0 saturated heterocycles. The van der Waals surface area contributed by atoms with Crippen LogP contribution in [-0.2, 0) is 14.8 Å². The van der Waals surface area contributed by atoms with Crippen LogP contribution in [-0.4, -0.2) is 51.1 Å². The Kier molecular flexibility index (Phi) is 6.66. The minimum atomic E-state index is -3.27. The van der Waals surface area contributed by atoms with E-state index in [9.17, 15) is 13.2 Å². The van der Waals surface area contributed by atoms with Crippen molar-refractivity contribution in [3.8, 4) is 0 Å². The van der Waals surface area contributed by atoms with Crippen molar-refractivity contribution in [3.63, 3.8) is 0 Å². The number of nitrogens with one attached hydrogen (secondary N) is 1. The van der Waals surface area contributed by atoms with E-state index in [1.54, 1.807) is 0 Å². The van der Waals surface area contributed by atoms with Gasteiger partial charge in [0.2, 0.25) is 15.9 Å². The summed E-state index contributed by atoms with van der Waals surface area (Å²) in [5, 5.41) is 2.54. The number of nitrogens with two attached hydrogens (primary N) is 1. The Morgan fingerprint density at radius 3 is 2.35 bits per heavy atom. The lowest BCUT2D eigenvalue weighted by atomic mass is 9.99. The summed E-state index contributed by atoms with van der Waals surface area (Å²) in [7, 11) is -0.347. The molecule has 0 aliphatic heterocycles. The van der Waals surface area contributed by atoms with E-state index < -0.39 is 16.1 Å². The second-order valence-corrected chi connectivity index (χ2v) is 6.60. The number of rotatable bonds is 7. The Morgan fingerprint density at radius 2 is 1.94 bits per heavy atom. The molecule has 1 unspecified atom stereocenters. The van der Waals surface area contributed by atoms with Gasteiger partial charge in [-0.2, -0.15) is 0 Å². The molecule has 7 heteroatoms. The summed E-state index contributed by atoms with van der Waals surface area (Å²) in [6, 6.07) is -0.581. The number of hydrogen-bond donors (Lipinski definition) is 2. The van der Waals surface area contributed by atoms with E-state index in [1.807, 2.05) is 13.8 Å². The normalized spacial score (nSPS) is 15.6. The molecule has 0 aromatic carbocycles. The Labute approximate surface area is 104 Å². The lowest BCUT2D eigenvalue weighted by molar-refractivity contribution is -0.123. The van der Waals surface area contributed by atoms with E-state index >= 15 is 0 Å². The van der Waals surface area contributed by atoms with Crippen LogP contribution in [0.5, 0.6) is 0 Å². The van der Waals surface area contributed by atoms with Crippen LogP contribution in [0.25, 0.3) is 0 Å². The highest BCUT2D eigenvalue weighted by molar-refractivity contribution is 7.89. The van der Waals surface area contributed by atoms with Gasteiger partial charge in [-0.1, -0.05) is 20.3 Å². The molecule has 0 bridgehead atoms. The van der Waals surface area contributed by atoms with Crippen molar-refractivity contribution < 1.29 is 13.2 Å². The van der Waals surface area contributed by atoms with Gasteiger partial charge in [0.05, 0.1) is 11.8 Å². The first kappa shape index (κ1) is 16.3. The smallest absolute Gasteiger partial charge is 0.237 e. The molecule has 102 valence electrons. The van der Waals surface area contributed by atoms with Gasteiger partial charge in [-0.05, 0) is 5.92 Å². The molecule has 0 aromatic heterocycles. The fraction of sp³-hybridized carbons (Fsp3) is 0.900. The molecule has 0 aromatic rings. The van der Waals surface area contributed by atoms with Crippen LogP contribution in [0.15, 0.2) is 0 Å². The highest BCUT2D eigenvalue weighted by Crippen LogP contribution is 2.04. The lowest BCUT2D eigenvalue weighted by Gasteiger charge is -2.18. The van der Waals surface area contributed by atoms with Crippen molar-refractivity contribution >= 4 is 15.9 Å². The van der Waals surface area contributed by atoms with Crippen LogP contribution in [0, 0.1) is 5.92 Å². The maximum absolute atomic E-state index is 11.6. The van der Waals surface area contributed by atoms with Gasteiger partial charge in [0.1, 0.15) is 0 Å². The predicted octanol–water partition coefficient (Wildman–Crippen LogP) is -0.633. The summed E-state index contributed by atoms with van der Waals surface area (Å²) in [4.78, 5) is 11.6. The third-order valence-electron chi connectivity index (χ3n) is 2.78. The molecule has 0 aliphatic carbocycles. The molecule has 0 heterocycles. The van der Waals surface area contributed by atoms with Gasteiger partial charge in [0.25, 0.3) is 0 Å². The molecule has 2 atom stereocenters. The molecule has 17 heavy (non-hydrogen) atoms. The van der Waals surface area contributed by atoms with E-state index in [0.29, 0.717) is 0 Å². The van der Waals surface area contributed by atoms with Crippen LogP contribution in [0.4, 0.5) is 0 Å². The molecule has 0 fully saturated rings. The minimum absolute atomic E-state index is 0.0838. The van der Waals surface area contributed by atoms with Crippen molar-refractivity contribution in [3.05, 3.63) is 0 Å². The molecule has 0 aliphatic rings. The van der Waals surface area contributed by atoms with Gasteiger partial charge in [-0.25, -0.2) is 12.7 Å². The third-order valence-corrected chi connectivity index (χ3v) is 4.61. The van der Waals surface area contributed by atoms with Gasteiger partial charge < -0.3 is 11.1 Å². The predicted molar refractivity (Wildman–Crippen MR) is 67.9 cm³/mol. The zero-order chi connectivity index (χ0) is 13.6. The highest BCUT2D eigenvalue weighted by atomic mass is 32.2. The highest BCUT2D eigenvalue weighted by Gasteiger charge is 2.20.